The van der Waals surface area contributed by atoms with Crippen LogP contribution in [0.15, 0.2) is 41.4 Å². The Morgan fingerprint density at radius 1 is 1.18 bits per heavy atom. The number of hydrogen-bond acceptors (Lipinski definition) is 6. The summed E-state index contributed by atoms with van der Waals surface area (Å²) in [6, 6.07) is 9.42. The molecule has 2 heterocycles. The molecular formula is C22H21NO4S. The van der Waals surface area contributed by atoms with Gasteiger partial charge in [0.25, 0.3) is 0 Å². The van der Waals surface area contributed by atoms with Crippen molar-refractivity contribution in [3.63, 3.8) is 0 Å². The van der Waals surface area contributed by atoms with Crippen molar-refractivity contribution in [1.29, 1.82) is 0 Å². The quantitative estimate of drug-likeness (QED) is 0.548. The molecule has 0 atom stereocenters. The van der Waals surface area contributed by atoms with Gasteiger partial charge in [0.15, 0.2) is 5.71 Å². The number of ether oxygens (including phenoxy) is 2. The first-order chi connectivity index (χ1) is 13.7. The number of esters is 2. The van der Waals surface area contributed by atoms with Crippen LogP contribution in [0.3, 0.4) is 0 Å². The molecule has 0 N–H and O–H groups in total. The van der Waals surface area contributed by atoms with E-state index in [1.807, 2.05) is 30.3 Å². The number of carbonyl (C=O) groups excluding carboxylic acids is 2. The Kier molecular flexibility index (Phi) is 5.39. The van der Waals surface area contributed by atoms with Gasteiger partial charge in [0, 0.05) is 16.5 Å². The van der Waals surface area contributed by atoms with E-state index in [1.165, 1.54) is 16.2 Å². The zero-order chi connectivity index (χ0) is 19.5. The minimum Gasteiger partial charge on any atom is -0.462 e. The van der Waals surface area contributed by atoms with E-state index in [-0.39, 0.29) is 11.7 Å². The zero-order valence-corrected chi connectivity index (χ0v) is 16.5. The van der Waals surface area contributed by atoms with Gasteiger partial charge < -0.3 is 9.47 Å². The molecular weight excluding hydrogens is 374 g/mol. The lowest BCUT2D eigenvalue weighted by atomic mass is 10.1. The maximum Gasteiger partial charge on any atom is 0.362 e. The second-order valence-corrected chi connectivity index (χ2v) is 7.81. The molecule has 4 rings (SSSR count). The number of benzene rings is 1. The topological polar surface area (TPSA) is 65.0 Å². The summed E-state index contributed by atoms with van der Waals surface area (Å²) in [7, 11) is 0. The Hall–Kier alpha value is -2.73. The van der Waals surface area contributed by atoms with E-state index in [2.05, 4.69) is 4.99 Å². The highest BCUT2D eigenvalue weighted by Gasteiger charge is 2.28. The van der Waals surface area contributed by atoms with E-state index in [0.29, 0.717) is 22.9 Å². The molecule has 5 nitrogen and oxygen atoms in total. The van der Waals surface area contributed by atoms with E-state index >= 15 is 0 Å². The first-order valence-corrected chi connectivity index (χ1v) is 10.4. The van der Waals surface area contributed by atoms with E-state index in [9.17, 15) is 9.59 Å². The zero-order valence-electron chi connectivity index (χ0n) is 15.7. The summed E-state index contributed by atoms with van der Waals surface area (Å²) >= 11 is 1.49. The molecule has 2 aliphatic rings. The highest BCUT2D eigenvalue weighted by Crippen LogP contribution is 2.40. The summed E-state index contributed by atoms with van der Waals surface area (Å²) in [5.41, 5.74) is 2.58. The first-order valence-electron chi connectivity index (χ1n) is 9.57. The highest BCUT2D eigenvalue weighted by molar-refractivity contribution is 7.16. The number of aliphatic imine (C=N–C) groups is 1. The van der Waals surface area contributed by atoms with Gasteiger partial charge in [0.05, 0.1) is 12.2 Å². The fourth-order valence-electron chi connectivity index (χ4n) is 3.52. The molecule has 0 radical (unpaired) electrons. The van der Waals surface area contributed by atoms with Gasteiger partial charge in [-0.3, -0.25) is 0 Å². The molecule has 28 heavy (non-hydrogen) atoms. The van der Waals surface area contributed by atoms with Gasteiger partial charge in [-0.05, 0) is 38.2 Å². The Morgan fingerprint density at radius 3 is 2.75 bits per heavy atom. The molecule has 1 aliphatic heterocycles. The summed E-state index contributed by atoms with van der Waals surface area (Å²) in [6.45, 7) is 2.09. The second-order valence-electron chi connectivity index (χ2n) is 6.73. The summed E-state index contributed by atoms with van der Waals surface area (Å²) in [5, 5.41) is 0.544. The number of cyclic esters (lactones) is 1. The molecule has 1 aromatic carbocycles. The van der Waals surface area contributed by atoms with Crippen molar-refractivity contribution in [3.05, 3.63) is 58.0 Å². The Morgan fingerprint density at radius 2 is 1.96 bits per heavy atom. The second kappa shape index (κ2) is 8.10. The van der Waals surface area contributed by atoms with Gasteiger partial charge in [-0.25, -0.2) is 14.6 Å². The van der Waals surface area contributed by atoms with Gasteiger partial charge in [0.2, 0.25) is 0 Å². The van der Waals surface area contributed by atoms with Gasteiger partial charge in [-0.1, -0.05) is 36.8 Å². The largest absolute Gasteiger partial charge is 0.462 e. The lowest BCUT2D eigenvalue weighted by Crippen LogP contribution is -2.09. The van der Waals surface area contributed by atoms with Crippen LogP contribution in [0.4, 0.5) is 5.00 Å². The van der Waals surface area contributed by atoms with E-state index in [1.54, 1.807) is 13.0 Å². The predicted molar refractivity (Wildman–Crippen MR) is 109 cm³/mol. The standard InChI is InChI=1S/C22H21NO4S/c1-2-26-22(25)19-15-11-7-4-8-12-18(15)28-20(19)23-16-13-17(27-21(16)24)14-9-5-3-6-10-14/h3,5-6,9-10,13H,2,4,7-8,11-12H2,1H3/b23-16+. The molecule has 0 saturated carbocycles. The van der Waals surface area contributed by atoms with Crippen molar-refractivity contribution >= 4 is 39.7 Å². The number of hydrogen-bond donors (Lipinski definition) is 0. The van der Waals surface area contributed by atoms with Crippen LogP contribution in [-0.2, 0) is 27.1 Å². The number of rotatable bonds is 4. The number of nitrogens with zero attached hydrogens (tertiary/aromatic N) is 1. The molecule has 144 valence electrons. The van der Waals surface area contributed by atoms with Crippen LogP contribution in [0.5, 0.6) is 0 Å². The molecule has 0 fully saturated rings. The van der Waals surface area contributed by atoms with Crippen molar-refractivity contribution in [2.45, 2.75) is 39.0 Å². The lowest BCUT2D eigenvalue weighted by Gasteiger charge is -2.05. The van der Waals surface area contributed by atoms with Gasteiger partial charge >= 0.3 is 11.9 Å². The van der Waals surface area contributed by atoms with Gasteiger partial charge in [-0.2, -0.15) is 0 Å². The van der Waals surface area contributed by atoms with Crippen LogP contribution >= 0.6 is 11.3 Å². The summed E-state index contributed by atoms with van der Waals surface area (Å²) in [6.07, 6.45) is 6.73. The molecule has 0 spiro atoms. The van der Waals surface area contributed by atoms with Crippen molar-refractivity contribution in [2.75, 3.05) is 6.61 Å². The van der Waals surface area contributed by atoms with Crippen molar-refractivity contribution in [2.24, 2.45) is 4.99 Å². The van der Waals surface area contributed by atoms with Crippen LogP contribution in [0, 0.1) is 0 Å². The highest BCUT2D eigenvalue weighted by atomic mass is 32.1. The van der Waals surface area contributed by atoms with E-state index < -0.39 is 5.97 Å². The van der Waals surface area contributed by atoms with Crippen LogP contribution in [0.1, 0.15) is 52.5 Å². The molecule has 0 amide bonds. The van der Waals surface area contributed by atoms with Gasteiger partial charge in [0.1, 0.15) is 10.8 Å². The fraction of sp³-hybridized carbons (Fsp3) is 0.318. The van der Waals surface area contributed by atoms with E-state index in [0.717, 1.165) is 43.2 Å². The number of fused-ring (bicyclic) bond motifs is 1. The maximum atomic E-state index is 12.6. The molecule has 2 aromatic rings. The monoisotopic (exact) mass is 395 g/mol. The smallest absolute Gasteiger partial charge is 0.362 e. The third-order valence-electron chi connectivity index (χ3n) is 4.84. The van der Waals surface area contributed by atoms with Crippen LogP contribution < -0.4 is 0 Å². The molecule has 1 aliphatic carbocycles. The Balaban J connectivity index is 1.75. The van der Waals surface area contributed by atoms with E-state index in [4.69, 9.17) is 9.47 Å². The minimum atomic E-state index is -0.503. The normalized spacial score (nSPS) is 17.7. The maximum absolute atomic E-state index is 12.6. The molecule has 6 heteroatoms. The number of carbonyl (C=O) groups is 2. The first kappa shape index (κ1) is 18.6. The average Bonchev–Trinajstić information content (AvgIpc) is 3.14. The molecule has 0 bridgehead atoms. The molecule has 1 aromatic heterocycles. The third-order valence-corrected chi connectivity index (χ3v) is 6.03. The summed E-state index contributed by atoms with van der Waals surface area (Å²) in [4.78, 5) is 30.7. The molecule has 0 unspecified atom stereocenters. The van der Waals surface area contributed by atoms with Crippen LogP contribution in [-0.4, -0.2) is 24.3 Å². The summed E-state index contributed by atoms with van der Waals surface area (Å²) < 4.78 is 10.7. The van der Waals surface area contributed by atoms with Gasteiger partial charge in [-0.15, -0.1) is 11.3 Å². The number of aryl methyl sites for hydroxylation is 1. The summed E-state index contributed by atoms with van der Waals surface area (Å²) in [5.74, 6) is -0.391. The SMILES string of the molecule is CCOC(=O)c1c(/N=C2\C=C(c3ccccc3)OC2=O)sc2c1CCCCC2. The predicted octanol–water partition coefficient (Wildman–Crippen LogP) is 4.86. The lowest BCUT2D eigenvalue weighted by molar-refractivity contribution is -0.128. The number of thiophene rings is 1. The van der Waals surface area contributed by atoms with Crippen molar-refractivity contribution in [1.82, 2.24) is 0 Å². The fourth-order valence-corrected chi connectivity index (χ4v) is 4.78. The van der Waals surface area contributed by atoms with Crippen molar-refractivity contribution in [3.8, 4) is 0 Å². The Labute approximate surface area is 167 Å². The Bertz CT molecular complexity index is 972. The third kappa shape index (κ3) is 3.64. The minimum absolute atomic E-state index is 0.209. The van der Waals surface area contributed by atoms with Crippen molar-refractivity contribution < 1.29 is 19.1 Å². The average molecular weight is 395 g/mol. The van der Waals surface area contributed by atoms with Crippen LogP contribution in [0.2, 0.25) is 0 Å². The molecule has 0 saturated heterocycles. The van der Waals surface area contributed by atoms with Crippen LogP contribution in [0.25, 0.3) is 5.76 Å².